The lowest BCUT2D eigenvalue weighted by Crippen LogP contribution is -2.25. The summed E-state index contributed by atoms with van der Waals surface area (Å²) < 4.78 is 1.73. The zero-order chi connectivity index (χ0) is 13.8. The van der Waals surface area contributed by atoms with Gasteiger partial charge in [0, 0.05) is 26.2 Å². The Labute approximate surface area is 111 Å². The Hall–Kier alpha value is -2.30. The minimum atomic E-state index is -0.270. The van der Waals surface area contributed by atoms with Crippen molar-refractivity contribution in [2.75, 3.05) is 6.54 Å². The number of nitrogens with one attached hydrogen (secondary N) is 1. The molecule has 2 rings (SSSR count). The van der Waals surface area contributed by atoms with Gasteiger partial charge in [-0.3, -0.25) is 9.48 Å². The van der Waals surface area contributed by atoms with Crippen molar-refractivity contribution in [3.8, 4) is 5.75 Å². The van der Waals surface area contributed by atoms with Crippen molar-refractivity contribution in [3.63, 3.8) is 0 Å². The van der Waals surface area contributed by atoms with Crippen LogP contribution in [0.1, 0.15) is 21.6 Å². The third kappa shape index (κ3) is 3.34. The Morgan fingerprint density at radius 1 is 1.42 bits per heavy atom. The normalized spacial score (nSPS) is 10.4. The number of rotatable bonds is 4. The van der Waals surface area contributed by atoms with Gasteiger partial charge >= 0.3 is 0 Å². The van der Waals surface area contributed by atoms with E-state index < -0.39 is 0 Å². The maximum atomic E-state index is 11.9. The second-order valence-corrected chi connectivity index (χ2v) is 4.51. The largest absolute Gasteiger partial charge is 0.507 e. The summed E-state index contributed by atoms with van der Waals surface area (Å²) in [5.74, 6) is -0.260. The number of benzene rings is 1. The van der Waals surface area contributed by atoms with E-state index in [9.17, 15) is 9.90 Å². The maximum absolute atomic E-state index is 11.9. The molecule has 0 spiro atoms. The van der Waals surface area contributed by atoms with Crippen LogP contribution in [0.25, 0.3) is 0 Å². The lowest BCUT2D eigenvalue weighted by molar-refractivity contribution is 0.0951. The summed E-state index contributed by atoms with van der Waals surface area (Å²) >= 11 is 0. The van der Waals surface area contributed by atoms with Crippen LogP contribution in [-0.4, -0.2) is 27.3 Å². The van der Waals surface area contributed by atoms with Crippen LogP contribution in [0.2, 0.25) is 0 Å². The van der Waals surface area contributed by atoms with Gasteiger partial charge < -0.3 is 10.4 Å². The highest BCUT2D eigenvalue weighted by atomic mass is 16.3. The van der Waals surface area contributed by atoms with Gasteiger partial charge in [-0.05, 0) is 30.7 Å². The minimum Gasteiger partial charge on any atom is -0.507 e. The van der Waals surface area contributed by atoms with E-state index in [0.717, 1.165) is 11.3 Å². The smallest absolute Gasteiger partial charge is 0.255 e. The van der Waals surface area contributed by atoms with Crippen molar-refractivity contribution in [2.45, 2.75) is 13.3 Å². The van der Waals surface area contributed by atoms with Crippen LogP contribution in [0.5, 0.6) is 5.75 Å². The predicted octanol–water partition coefficient (Wildman–Crippen LogP) is 1.41. The SMILES string of the molecule is Cc1ccc(C(=O)NCCc2ccn(C)n2)c(O)c1. The van der Waals surface area contributed by atoms with Crippen molar-refractivity contribution >= 4 is 5.91 Å². The van der Waals surface area contributed by atoms with Gasteiger partial charge in [-0.1, -0.05) is 6.07 Å². The molecule has 0 radical (unpaired) electrons. The molecule has 0 aliphatic heterocycles. The summed E-state index contributed by atoms with van der Waals surface area (Å²) in [5, 5.41) is 16.7. The molecule has 0 fully saturated rings. The summed E-state index contributed by atoms with van der Waals surface area (Å²) in [7, 11) is 1.85. The Balaban J connectivity index is 1.90. The second kappa shape index (κ2) is 5.56. The topological polar surface area (TPSA) is 67.2 Å². The number of hydrogen-bond donors (Lipinski definition) is 2. The fourth-order valence-electron chi connectivity index (χ4n) is 1.83. The van der Waals surface area contributed by atoms with Gasteiger partial charge in [0.1, 0.15) is 5.75 Å². The molecule has 1 aromatic heterocycles. The summed E-state index contributed by atoms with van der Waals surface area (Å²) in [5.41, 5.74) is 2.14. The van der Waals surface area contributed by atoms with E-state index in [1.807, 2.05) is 26.2 Å². The van der Waals surface area contributed by atoms with Gasteiger partial charge in [0.25, 0.3) is 5.91 Å². The molecule has 0 bridgehead atoms. The molecule has 100 valence electrons. The van der Waals surface area contributed by atoms with Crippen LogP contribution in [-0.2, 0) is 13.5 Å². The lowest BCUT2D eigenvalue weighted by Gasteiger charge is -2.06. The second-order valence-electron chi connectivity index (χ2n) is 4.51. The lowest BCUT2D eigenvalue weighted by atomic mass is 10.1. The molecule has 0 unspecified atom stereocenters. The molecule has 0 atom stereocenters. The number of phenolic OH excluding ortho intramolecular Hbond substituents is 1. The van der Waals surface area contributed by atoms with Crippen LogP contribution >= 0.6 is 0 Å². The molecule has 0 saturated heterocycles. The van der Waals surface area contributed by atoms with E-state index in [2.05, 4.69) is 10.4 Å². The number of aromatic nitrogens is 2. The first-order valence-corrected chi connectivity index (χ1v) is 6.12. The molecule has 0 aliphatic rings. The molecule has 2 aromatic rings. The first-order chi connectivity index (χ1) is 9.06. The predicted molar refractivity (Wildman–Crippen MR) is 72.1 cm³/mol. The first-order valence-electron chi connectivity index (χ1n) is 6.12. The highest BCUT2D eigenvalue weighted by Gasteiger charge is 2.10. The van der Waals surface area contributed by atoms with E-state index in [0.29, 0.717) is 18.5 Å². The van der Waals surface area contributed by atoms with Crippen LogP contribution in [0.15, 0.2) is 30.5 Å². The number of carbonyl (C=O) groups is 1. The zero-order valence-corrected chi connectivity index (χ0v) is 11.1. The van der Waals surface area contributed by atoms with Crippen molar-refractivity contribution in [1.29, 1.82) is 0 Å². The number of phenols is 1. The van der Waals surface area contributed by atoms with Gasteiger partial charge in [-0.2, -0.15) is 5.10 Å². The van der Waals surface area contributed by atoms with E-state index in [-0.39, 0.29) is 11.7 Å². The van der Waals surface area contributed by atoms with E-state index in [1.54, 1.807) is 22.9 Å². The number of aryl methyl sites for hydroxylation is 2. The molecule has 0 aliphatic carbocycles. The molecule has 1 heterocycles. The van der Waals surface area contributed by atoms with Gasteiger partial charge in [-0.15, -0.1) is 0 Å². The number of nitrogens with zero attached hydrogens (tertiary/aromatic N) is 2. The molecular weight excluding hydrogens is 242 g/mol. The Bertz CT molecular complexity index is 590. The fourth-order valence-corrected chi connectivity index (χ4v) is 1.83. The average Bonchev–Trinajstić information content (AvgIpc) is 2.75. The van der Waals surface area contributed by atoms with Gasteiger partial charge in [0.05, 0.1) is 11.3 Å². The van der Waals surface area contributed by atoms with Gasteiger partial charge in [0.15, 0.2) is 0 Å². The molecular formula is C14H17N3O2. The van der Waals surface area contributed by atoms with Crippen LogP contribution in [0, 0.1) is 6.92 Å². The van der Waals surface area contributed by atoms with E-state index in [4.69, 9.17) is 0 Å². The third-order valence-electron chi connectivity index (χ3n) is 2.83. The Morgan fingerprint density at radius 3 is 2.84 bits per heavy atom. The molecule has 0 saturated carbocycles. The van der Waals surface area contributed by atoms with E-state index in [1.165, 1.54) is 0 Å². The van der Waals surface area contributed by atoms with E-state index >= 15 is 0 Å². The summed E-state index contributed by atoms with van der Waals surface area (Å²) in [6, 6.07) is 6.91. The van der Waals surface area contributed by atoms with Crippen LogP contribution in [0.4, 0.5) is 0 Å². The average molecular weight is 259 g/mol. The van der Waals surface area contributed by atoms with Crippen molar-refractivity contribution in [3.05, 3.63) is 47.3 Å². The molecule has 5 nitrogen and oxygen atoms in total. The summed E-state index contributed by atoms with van der Waals surface area (Å²) in [6.45, 7) is 2.35. The van der Waals surface area contributed by atoms with Crippen LogP contribution < -0.4 is 5.32 Å². The summed E-state index contributed by atoms with van der Waals surface area (Å²) in [4.78, 5) is 11.9. The van der Waals surface area contributed by atoms with Crippen molar-refractivity contribution in [1.82, 2.24) is 15.1 Å². The molecule has 5 heteroatoms. The first kappa shape index (κ1) is 13.1. The molecule has 19 heavy (non-hydrogen) atoms. The summed E-state index contributed by atoms with van der Waals surface area (Å²) in [6.07, 6.45) is 2.53. The molecule has 1 amide bonds. The monoisotopic (exact) mass is 259 g/mol. The number of amides is 1. The van der Waals surface area contributed by atoms with Gasteiger partial charge in [0.2, 0.25) is 0 Å². The number of aromatic hydroxyl groups is 1. The van der Waals surface area contributed by atoms with Crippen molar-refractivity contribution < 1.29 is 9.90 Å². The molecule has 2 N–H and O–H groups in total. The number of hydrogen-bond acceptors (Lipinski definition) is 3. The fraction of sp³-hybridized carbons (Fsp3) is 0.286. The van der Waals surface area contributed by atoms with Crippen LogP contribution in [0.3, 0.4) is 0 Å². The highest BCUT2D eigenvalue weighted by Crippen LogP contribution is 2.17. The van der Waals surface area contributed by atoms with Gasteiger partial charge in [-0.25, -0.2) is 0 Å². The van der Waals surface area contributed by atoms with Crippen molar-refractivity contribution in [2.24, 2.45) is 7.05 Å². The Morgan fingerprint density at radius 2 is 2.21 bits per heavy atom. The third-order valence-corrected chi connectivity index (χ3v) is 2.83. The zero-order valence-electron chi connectivity index (χ0n) is 11.1. The minimum absolute atomic E-state index is 0.00957. The standard InChI is InChI=1S/C14H17N3O2/c1-10-3-4-12(13(18)9-10)14(19)15-7-5-11-6-8-17(2)16-11/h3-4,6,8-9,18H,5,7H2,1-2H3,(H,15,19). The molecule has 1 aromatic carbocycles. The quantitative estimate of drug-likeness (QED) is 0.872. The highest BCUT2D eigenvalue weighted by molar-refractivity contribution is 5.96. The maximum Gasteiger partial charge on any atom is 0.255 e. The number of carbonyl (C=O) groups excluding carboxylic acids is 1. The Kier molecular flexibility index (Phi) is 3.85.